The van der Waals surface area contributed by atoms with Crippen molar-refractivity contribution in [3.63, 3.8) is 0 Å². The van der Waals surface area contributed by atoms with Crippen LogP contribution in [0, 0.1) is 0 Å². The fraction of sp³-hybridized carbons (Fsp3) is 0.353. The molecule has 6 heteroatoms. The Labute approximate surface area is 134 Å². The molecule has 0 aromatic carbocycles. The number of carbonyl (C=O) groups is 2. The molecule has 0 bridgehead atoms. The van der Waals surface area contributed by atoms with Gasteiger partial charge >= 0.3 is 0 Å². The molecule has 0 saturated carbocycles. The predicted molar refractivity (Wildman–Crippen MR) is 83.7 cm³/mol. The van der Waals surface area contributed by atoms with E-state index in [4.69, 9.17) is 4.42 Å². The van der Waals surface area contributed by atoms with E-state index in [1.807, 2.05) is 19.1 Å². The molecule has 0 fully saturated rings. The quantitative estimate of drug-likeness (QED) is 0.936. The van der Waals surface area contributed by atoms with Gasteiger partial charge in [-0.05, 0) is 30.2 Å². The van der Waals surface area contributed by atoms with Crippen LogP contribution in [0.1, 0.15) is 41.1 Å². The molecule has 2 aromatic rings. The van der Waals surface area contributed by atoms with E-state index < -0.39 is 5.92 Å². The molecular formula is C17H19N3O3. The van der Waals surface area contributed by atoms with E-state index in [2.05, 4.69) is 10.3 Å². The summed E-state index contributed by atoms with van der Waals surface area (Å²) in [4.78, 5) is 31.0. The van der Waals surface area contributed by atoms with Crippen LogP contribution in [0.4, 0.5) is 0 Å². The number of amides is 2. The molecule has 120 valence electrons. The Morgan fingerprint density at radius 1 is 1.39 bits per heavy atom. The molecule has 23 heavy (non-hydrogen) atoms. The van der Waals surface area contributed by atoms with E-state index in [-0.39, 0.29) is 17.6 Å². The van der Waals surface area contributed by atoms with Gasteiger partial charge in [0.15, 0.2) is 5.76 Å². The van der Waals surface area contributed by atoms with Crippen LogP contribution in [0.3, 0.4) is 0 Å². The van der Waals surface area contributed by atoms with E-state index >= 15 is 0 Å². The van der Waals surface area contributed by atoms with Crippen LogP contribution in [-0.4, -0.2) is 34.8 Å². The number of furan rings is 1. The van der Waals surface area contributed by atoms with Crippen LogP contribution in [0.5, 0.6) is 0 Å². The second-order valence-corrected chi connectivity index (χ2v) is 5.55. The highest BCUT2D eigenvalue weighted by Gasteiger charge is 2.34. The van der Waals surface area contributed by atoms with E-state index in [1.54, 1.807) is 23.2 Å². The van der Waals surface area contributed by atoms with Crippen LogP contribution in [0.15, 0.2) is 41.1 Å². The molecule has 3 heterocycles. The van der Waals surface area contributed by atoms with Gasteiger partial charge in [-0.1, -0.05) is 13.0 Å². The van der Waals surface area contributed by atoms with E-state index in [0.717, 1.165) is 17.7 Å². The van der Waals surface area contributed by atoms with Crippen molar-refractivity contribution in [3.05, 3.63) is 53.7 Å². The Bertz CT molecular complexity index is 697. The summed E-state index contributed by atoms with van der Waals surface area (Å²) < 4.78 is 5.19. The Hall–Kier alpha value is -2.63. The molecule has 2 aromatic heterocycles. The maximum atomic E-state index is 12.5. The van der Waals surface area contributed by atoms with Gasteiger partial charge in [0.1, 0.15) is 0 Å². The van der Waals surface area contributed by atoms with Crippen LogP contribution in [-0.2, 0) is 11.3 Å². The van der Waals surface area contributed by atoms with Gasteiger partial charge in [-0.3, -0.25) is 14.6 Å². The fourth-order valence-electron chi connectivity index (χ4n) is 2.76. The maximum Gasteiger partial charge on any atom is 0.289 e. The third kappa shape index (κ3) is 3.11. The SMILES string of the molecule is CCCNC(=O)C1CN(C(=O)c2ccco2)Cc2cccnc21. The predicted octanol–water partition coefficient (Wildman–Crippen LogP) is 1.94. The van der Waals surface area contributed by atoms with Crippen molar-refractivity contribution in [2.24, 2.45) is 0 Å². The number of rotatable bonds is 4. The lowest BCUT2D eigenvalue weighted by Crippen LogP contribution is -2.44. The molecule has 0 saturated heterocycles. The van der Waals surface area contributed by atoms with Crippen molar-refractivity contribution in [1.82, 2.24) is 15.2 Å². The topological polar surface area (TPSA) is 75.4 Å². The van der Waals surface area contributed by atoms with Crippen LogP contribution < -0.4 is 5.32 Å². The molecule has 0 spiro atoms. The smallest absolute Gasteiger partial charge is 0.289 e. The molecule has 1 aliphatic heterocycles. The minimum Gasteiger partial charge on any atom is -0.459 e. The van der Waals surface area contributed by atoms with E-state index in [9.17, 15) is 9.59 Å². The summed E-state index contributed by atoms with van der Waals surface area (Å²) >= 11 is 0. The normalized spacial score (nSPS) is 16.7. The lowest BCUT2D eigenvalue weighted by Gasteiger charge is -2.32. The highest BCUT2D eigenvalue weighted by Crippen LogP contribution is 2.27. The first-order valence-corrected chi connectivity index (χ1v) is 7.75. The minimum absolute atomic E-state index is 0.0938. The van der Waals surface area contributed by atoms with Crippen molar-refractivity contribution in [2.45, 2.75) is 25.8 Å². The van der Waals surface area contributed by atoms with Crippen molar-refractivity contribution in [2.75, 3.05) is 13.1 Å². The Morgan fingerprint density at radius 2 is 2.26 bits per heavy atom. The van der Waals surface area contributed by atoms with Crippen LogP contribution >= 0.6 is 0 Å². The Balaban J connectivity index is 1.87. The van der Waals surface area contributed by atoms with Gasteiger partial charge in [0.2, 0.25) is 5.91 Å². The molecule has 2 amide bonds. The summed E-state index contributed by atoms with van der Waals surface area (Å²) in [5.41, 5.74) is 1.65. The average Bonchev–Trinajstić information content (AvgIpc) is 3.12. The highest BCUT2D eigenvalue weighted by molar-refractivity contribution is 5.93. The molecule has 0 aliphatic carbocycles. The summed E-state index contributed by atoms with van der Waals surface area (Å²) in [6.45, 7) is 3.35. The molecule has 3 rings (SSSR count). The first kappa shape index (κ1) is 15.3. The molecule has 0 radical (unpaired) electrons. The first-order valence-electron chi connectivity index (χ1n) is 7.75. The summed E-state index contributed by atoms with van der Waals surface area (Å²) in [6.07, 6.45) is 4.02. The van der Waals surface area contributed by atoms with Gasteiger partial charge in [-0.15, -0.1) is 0 Å². The fourth-order valence-corrected chi connectivity index (χ4v) is 2.76. The number of carbonyl (C=O) groups excluding carboxylic acids is 2. The zero-order valence-corrected chi connectivity index (χ0v) is 13.0. The van der Waals surface area contributed by atoms with E-state index in [0.29, 0.717) is 19.6 Å². The van der Waals surface area contributed by atoms with Crippen molar-refractivity contribution in [1.29, 1.82) is 0 Å². The number of hydrogen-bond donors (Lipinski definition) is 1. The number of nitrogens with zero attached hydrogens (tertiary/aromatic N) is 2. The van der Waals surface area contributed by atoms with Crippen molar-refractivity contribution >= 4 is 11.8 Å². The standard InChI is InChI=1S/C17H19N3O3/c1-2-7-19-16(21)13-11-20(17(22)14-6-4-9-23-14)10-12-5-3-8-18-15(12)13/h3-6,8-9,13H,2,7,10-11H2,1H3,(H,19,21). The second-order valence-electron chi connectivity index (χ2n) is 5.55. The monoisotopic (exact) mass is 313 g/mol. The van der Waals surface area contributed by atoms with Gasteiger partial charge in [0.25, 0.3) is 5.91 Å². The highest BCUT2D eigenvalue weighted by atomic mass is 16.3. The largest absolute Gasteiger partial charge is 0.459 e. The lowest BCUT2D eigenvalue weighted by atomic mass is 9.93. The lowest BCUT2D eigenvalue weighted by molar-refractivity contribution is -0.123. The zero-order valence-electron chi connectivity index (χ0n) is 13.0. The van der Waals surface area contributed by atoms with Gasteiger partial charge in [-0.25, -0.2) is 0 Å². The van der Waals surface area contributed by atoms with E-state index in [1.165, 1.54) is 6.26 Å². The van der Waals surface area contributed by atoms with Crippen LogP contribution in [0.25, 0.3) is 0 Å². The number of aromatic nitrogens is 1. The molecule has 1 aliphatic rings. The van der Waals surface area contributed by atoms with Crippen molar-refractivity contribution in [3.8, 4) is 0 Å². The van der Waals surface area contributed by atoms with Gasteiger partial charge in [0.05, 0.1) is 17.9 Å². The summed E-state index contributed by atoms with van der Waals surface area (Å²) in [7, 11) is 0. The summed E-state index contributed by atoms with van der Waals surface area (Å²) in [5, 5.41) is 2.90. The first-order chi connectivity index (χ1) is 11.2. The summed E-state index contributed by atoms with van der Waals surface area (Å²) in [5.74, 6) is -0.475. The van der Waals surface area contributed by atoms with Gasteiger partial charge in [-0.2, -0.15) is 0 Å². The Kier molecular flexibility index (Phi) is 4.41. The van der Waals surface area contributed by atoms with Crippen molar-refractivity contribution < 1.29 is 14.0 Å². The van der Waals surface area contributed by atoms with Gasteiger partial charge in [0, 0.05) is 25.8 Å². The minimum atomic E-state index is -0.453. The number of fused-ring (bicyclic) bond motifs is 1. The third-order valence-corrected chi connectivity index (χ3v) is 3.91. The molecular weight excluding hydrogens is 294 g/mol. The Morgan fingerprint density at radius 3 is 3.00 bits per heavy atom. The maximum absolute atomic E-state index is 12.5. The van der Waals surface area contributed by atoms with Crippen LogP contribution in [0.2, 0.25) is 0 Å². The second kappa shape index (κ2) is 6.64. The third-order valence-electron chi connectivity index (χ3n) is 3.91. The summed E-state index contributed by atoms with van der Waals surface area (Å²) in [6, 6.07) is 7.04. The molecule has 1 N–H and O–H groups in total. The molecule has 1 unspecified atom stereocenters. The number of pyridine rings is 1. The molecule has 6 nitrogen and oxygen atoms in total. The number of hydrogen-bond acceptors (Lipinski definition) is 4. The zero-order chi connectivity index (χ0) is 16.2. The average molecular weight is 313 g/mol. The van der Waals surface area contributed by atoms with Gasteiger partial charge < -0.3 is 14.6 Å². The number of nitrogens with one attached hydrogen (secondary N) is 1. The molecule has 1 atom stereocenters.